The minimum absolute atomic E-state index is 0.0156. The van der Waals surface area contributed by atoms with E-state index in [1.54, 1.807) is 0 Å². The first-order valence-corrected chi connectivity index (χ1v) is 4.64. The van der Waals surface area contributed by atoms with Crippen LogP contribution in [0.2, 0.25) is 0 Å². The van der Waals surface area contributed by atoms with Crippen LogP contribution < -0.4 is 0 Å². The Bertz CT molecular complexity index is 169. The molecule has 1 aliphatic heterocycles. The number of carbonyl (C=O) groups excluding carboxylic acids is 1. The molecule has 0 N–H and O–H groups in total. The molecule has 0 aromatic heterocycles. The minimum Gasteiger partial charge on any atom is -0.462 e. The molecule has 1 saturated heterocycles. The van der Waals surface area contributed by atoms with E-state index in [2.05, 4.69) is 0 Å². The number of hydrogen-bond donors (Lipinski definition) is 0. The fourth-order valence-corrected chi connectivity index (χ4v) is 1.37. The lowest BCUT2D eigenvalue weighted by Crippen LogP contribution is -2.26. The van der Waals surface area contributed by atoms with Crippen LogP contribution in [0.3, 0.4) is 0 Å². The third kappa shape index (κ3) is 1.97. The average Bonchev–Trinajstić information content (AvgIpc) is 2.88. The summed E-state index contributed by atoms with van der Waals surface area (Å²) in [6.07, 6.45) is 3.94. The molecule has 1 heterocycles. The van der Waals surface area contributed by atoms with E-state index in [0.717, 1.165) is 38.9 Å². The Hall–Kier alpha value is -0.570. The molecule has 0 spiro atoms. The zero-order valence-electron chi connectivity index (χ0n) is 7.12. The minimum atomic E-state index is 0.0156. The van der Waals surface area contributed by atoms with E-state index in [-0.39, 0.29) is 18.0 Å². The Balaban J connectivity index is 1.73. The smallest absolute Gasteiger partial charge is 0.309 e. The van der Waals surface area contributed by atoms with Crippen LogP contribution in [0.15, 0.2) is 0 Å². The van der Waals surface area contributed by atoms with Crippen LogP contribution in [0.5, 0.6) is 0 Å². The highest BCUT2D eigenvalue weighted by molar-refractivity contribution is 5.75. The summed E-state index contributed by atoms with van der Waals surface area (Å²) in [5.74, 6) is 0.245. The Kier molecular flexibility index (Phi) is 2.30. The van der Waals surface area contributed by atoms with Crippen LogP contribution >= 0.6 is 0 Å². The van der Waals surface area contributed by atoms with Gasteiger partial charge in [-0.3, -0.25) is 4.79 Å². The van der Waals surface area contributed by atoms with E-state index < -0.39 is 0 Å². The molecule has 12 heavy (non-hydrogen) atoms. The van der Waals surface area contributed by atoms with Crippen molar-refractivity contribution in [1.82, 2.24) is 0 Å². The van der Waals surface area contributed by atoms with Crippen LogP contribution in [0.4, 0.5) is 0 Å². The van der Waals surface area contributed by atoms with Crippen molar-refractivity contribution in [3.63, 3.8) is 0 Å². The fraction of sp³-hybridized carbons (Fsp3) is 0.889. The van der Waals surface area contributed by atoms with Crippen molar-refractivity contribution in [3.05, 3.63) is 0 Å². The molecule has 2 rings (SSSR count). The van der Waals surface area contributed by atoms with Crippen molar-refractivity contribution >= 4 is 5.97 Å². The molecule has 3 heteroatoms. The molecular formula is C9H14O3. The zero-order chi connectivity index (χ0) is 8.39. The fourth-order valence-electron chi connectivity index (χ4n) is 1.37. The second kappa shape index (κ2) is 3.44. The molecule has 68 valence electrons. The van der Waals surface area contributed by atoms with Gasteiger partial charge in [-0.15, -0.1) is 0 Å². The maximum Gasteiger partial charge on any atom is 0.309 e. The molecule has 1 aliphatic carbocycles. The second-order valence-corrected chi connectivity index (χ2v) is 3.52. The van der Waals surface area contributed by atoms with Crippen molar-refractivity contribution in [2.45, 2.75) is 31.8 Å². The molecule has 2 fully saturated rings. The van der Waals surface area contributed by atoms with Crippen LogP contribution in [-0.4, -0.2) is 25.3 Å². The number of esters is 1. The first kappa shape index (κ1) is 8.05. The van der Waals surface area contributed by atoms with E-state index in [1.165, 1.54) is 0 Å². The summed E-state index contributed by atoms with van der Waals surface area (Å²) < 4.78 is 10.5. The Morgan fingerprint density at radius 2 is 1.83 bits per heavy atom. The van der Waals surface area contributed by atoms with Gasteiger partial charge in [-0.2, -0.15) is 0 Å². The second-order valence-electron chi connectivity index (χ2n) is 3.52. The highest BCUT2D eigenvalue weighted by Gasteiger charge is 2.33. The molecule has 0 radical (unpaired) electrons. The summed E-state index contributed by atoms with van der Waals surface area (Å²) >= 11 is 0. The summed E-state index contributed by atoms with van der Waals surface area (Å²) in [6.45, 7) is 1.48. The average molecular weight is 170 g/mol. The largest absolute Gasteiger partial charge is 0.462 e. The van der Waals surface area contributed by atoms with Crippen molar-refractivity contribution < 1.29 is 14.3 Å². The topological polar surface area (TPSA) is 35.5 Å². The van der Waals surface area contributed by atoms with E-state index in [1.807, 2.05) is 0 Å². The van der Waals surface area contributed by atoms with E-state index in [9.17, 15) is 4.79 Å². The molecule has 1 saturated carbocycles. The third-order valence-electron chi connectivity index (χ3n) is 2.36. The molecule has 2 aliphatic rings. The molecular weight excluding hydrogens is 156 g/mol. The molecule has 3 nitrogen and oxygen atoms in total. The summed E-state index contributed by atoms with van der Waals surface area (Å²) in [5.41, 5.74) is 0. The van der Waals surface area contributed by atoms with Gasteiger partial charge in [-0.1, -0.05) is 0 Å². The quantitative estimate of drug-likeness (QED) is 0.582. The summed E-state index contributed by atoms with van der Waals surface area (Å²) in [5, 5.41) is 0. The van der Waals surface area contributed by atoms with Gasteiger partial charge in [0.05, 0.1) is 19.1 Å². The molecule has 0 unspecified atom stereocenters. The van der Waals surface area contributed by atoms with Gasteiger partial charge in [0, 0.05) is 12.8 Å². The van der Waals surface area contributed by atoms with Gasteiger partial charge in [-0.25, -0.2) is 0 Å². The number of hydrogen-bond acceptors (Lipinski definition) is 3. The molecule has 0 amide bonds. The Morgan fingerprint density at radius 1 is 1.17 bits per heavy atom. The lowest BCUT2D eigenvalue weighted by molar-refractivity contribution is -0.154. The first-order chi connectivity index (χ1) is 5.86. The van der Waals surface area contributed by atoms with E-state index in [4.69, 9.17) is 9.47 Å². The molecule has 0 aromatic rings. The van der Waals surface area contributed by atoms with Crippen LogP contribution in [0.1, 0.15) is 25.7 Å². The summed E-state index contributed by atoms with van der Waals surface area (Å²) in [4.78, 5) is 11.2. The van der Waals surface area contributed by atoms with Crippen molar-refractivity contribution in [1.29, 1.82) is 0 Å². The van der Waals surface area contributed by atoms with Gasteiger partial charge < -0.3 is 9.47 Å². The van der Waals surface area contributed by atoms with Crippen molar-refractivity contribution in [3.8, 4) is 0 Å². The first-order valence-electron chi connectivity index (χ1n) is 4.64. The molecule has 0 atom stereocenters. The van der Waals surface area contributed by atoms with Gasteiger partial charge in [0.25, 0.3) is 0 Å². The third-order valence-corrected chi connectivity index (χ3v) is 2.36. The van der Waals surface area contributed by atoms with Crippen molar-refractivity contribution in [2.24, 2.45) is 5.92 Å². The molecule has 0 bridgehead atoms. The number of rotatable bonds is 2. The molecule has 0 aromatic carbocycles. The standard InChI is InChI=1S/C9H14O3/c10-9(7-1-2-7)12-8-3-5-11-6-4-8/h7-8H,1-6H2. The highest BCUT2D eigenvalue weighted by Crippen LogP contribution is 2.31. The number of ether oxygens (including phenoxy) is 2. The Labute approximate surface area is 72.0 Å². The Morgan fingerprint density at radius 3 is 2.42 bits per heavy atom. The zero-order valence-corrected chi connectivity index (χ0v) is 7.12. The lowest BCUT2D eigenvalue weighted by atomic mass is 10.1. The van der Waals surface area contributed by atoms with E-state index >= 15 is 0 Å². The van der Waals surface area contributed by atoms with Gasteiger partial charge >= 0.3 is 5.97 Å². The SMILES string of the molecule is O=C(OC1CCOCC1)C1CC1. The van der Waals surface area contributed by atoms with Crippen LogP contribution in [0.25, 0.3) is 0 Å². The lowest BCUT2D eigenvalue weighted by Gasteiger charge is -2.22. The maximum absolute atomic E-state index is 11.2. The maximum atomic E-state index is 11.2. The van der Waals surface area contributed by atoms with Crippen molar-refractivity contribution in [2.75, 3.05) is 13.2 Å². The normalized spacial score (nSPS) is 25.3. The monoisotopic (exact) mass is 170 g/mol. The summed E-state index contributed by atoms with van der Waals surface area (Å²) in [7, 11) is 0. The highest BCUT2D eigenvalue weighted by atomic mass is 16.6. The predicted molar refractivity (Wildman–Crippen MR) is 42.7 cm³/mol. The van der Waals surface area contributed by atoms with Gasteiger partial charge in [0.1, 0.15) is 6.10 Å². The van der Waals surface area contributed by atoms with E-state index in [0.29, 0.717) is 0 Å². The van der Waals surface area contributed by atoms with Gasteiger partial charge in [0.15, 0.2) is 0 Å². The van der Waals surface area contributed by atoms with Crippen LogP contribution in [0, 0.1) is 5.92 Å². The van der Waals surface area contributed by atoms with Crippen LogP contribution in [-0.2, 0) is 14.3 Å². The van der Waals surface area contributed by atoms with Gasteiger partial charge in [-0.05, 0) is 12.8 Å². The number of carbonyl (C=O) groups is 1. The predicted octanol–water partition coefficient (Wildman–Crippen LogP) is 1.12. The summed E-state index contributed by atoms with van der Waals surface area (Å²) in [6, 6.07) is 0. The van der Waals surface area contributed by atoms with Gasteiger partial charge in [0.2, 0.25) is 0 Å².